The third kappa shape index (κ3) is 2.84. The summed E-state index contributed by atoms with van der Waals surface area (Å²) >= 11 is 4.83. The molecule has 0 bridgehead atoms. The summed E-state index contributed by atoms with van der Waals surface area (Å²) in [5, 5.41) is 4.23. The van der Waals surface area contributed by atoms with E-state index in [1.807, 2.05) is 25.1 Å². The molecule has 0 N–H and O–H groups in total. The summed E-state index contributed by atoms with van der Waals surface area (Å²) in [6.45, 7) is 2.42. The monoisotopic (exact) mass is 182 g/mol. The van der Waals surface area contributed by atoms with Crippen LogP contribution >= 0.6 is 0 Å². The van der Waals surface area contributed by atoms with E-state index in [2.05, 4.69) is 5.10 Å². The minimum absolute atomic E-state index is 0.258. The van der Waals surface area contributed by atoms with Gasteiger partial charge in [0, 0.05) is 17.2 Å². The van der Waals surface area contributed by atoms with Gasteiger partial charge < -0.3 is 17.4 Å². The number of nitrogens with zero attached hydrogens (tertiary/aromatic N) is 2. The number of aromatic nitrogens is 1. The van der Waals surface area contributed by atoms with Crippen LogP contribution in [-0.4, -0.2) is 11.8 Å². The Labute approximate surface area is 77.1 Å². The van der Waals surface area contributed by atoms with E-state index in [0.717, 1.165) is 0 Å². The fraction of sp³-hybridized carbons (Fsp3) is 0.250. The molecular formula is C8H10N2OS. The average Bonchev–Trinajstić information content (AvgIpc) is 2.06. The maximum absolute atomic E-state index is 4.99. The Hall–Kier alpha value is -1.16. The molecule has 0 amide bonds. The number of pyridine rings is 1. The molecule has 0 radical (unpaired) electrons. The summed E-state index contributed by atoms with van der Waals surface area (Å²) in [5.41, 5.74) is 0. The zero-order valence-electron chi connectivity index (χ0n) is 6.80. The second-order valence-corrected chi connectivity index (χ2v) is 2.40. The van der Waals surface area contributed by atoms with E-state index in [1.54, 1.807) is 17.1 Å². The summed E-state index contributed by atoms with van der Waals surface area (Å²) in [6.07, 6.45) is 3.59. The quantitative estimate of drug-likeness (QED) is 0.291. The first-order valence-electron chi connectivity index (χ1n) is 3.68. The molecule has 1 aromatic heterocycles. The first-order valence-corrected chi connectivity index (χ1v) is 4.09. The molecule has 1 rings (SSSR count). The normalized spacial score (nSPS) is 11.2. The van der Waals surface area contributed by atoms with Crippen LogP contribution in [0.15, 0.2) is 35.7 Å². The molecule has 3 nitrogen and oxygen atoms in total. The van der Waals surface area contributed by atoms with Crippen molar-refractivity contribution in [1.29, 1.82) is 0 Å². The summed E-state index contributed by atoms with van der Waals surface area (Å²) < 4.78 is 6.60. The summed E-state index contributed by atoms with van der Waals surface area (Å²) in [5.74, 6) is 0. The Balaban J connectivity index is 2.67. The zero-order chi connectivity index (χ0) is 8.81. The Morgan fingerprint density at radius 3 is 2.67 bits per heavy atom. The van der Waals surface area contributed by atoms with Gasteiger partial charge in [0.05, 0.1) is 6.61 Å². The van der Waals surface area contributed by atoms with E-state index >= 15 is 0 Å². The molecule has 1 aromatic rings. The van der Waals surface area contributed by atoms with Crippen molar-refractivity contribution in [2.45, 2.75) is 6.92 Å². The first-order chi connectivity index (χ1) is 5.83. The molecule has 0 fully saturated rings. The van der Waals surface area contributed by atoms with E-state index in [9.17, 15) is 0 Å². The molecular weight excluding hydrogens is 172 g/mol. The van der Waals surface area contributed by atoms with Crippen molar-refractivity contribution in [1.82, 2.24) is 0 Å². The van der Waals surface area contributed by atoms with Crippen molar-refractivity contribution >= 4 is 17.9 Å². The van der Waals surface area contributed by atoms with Crippen LogP contribution in [0.3, 0.4) is 0 Å². The lowest BCUT2D eigenvalue weighted by molar-refractivity contribution is -0.679. The van der Waals surface area contributed by atoms with Crippen molar-refractivity contribution in [3.63, 3.8) is 0 Å². The summed E-state index contributed by atoms with van der Waals surface area (Å²) in [6, 6.07) is 5.66. The smallest absolute Gasteiger partial charge is 0.202 e. The topological polar surface area (TPSA) is 25.5 Å². The van der Waals surface area contributed by atoms with Crippen molar-refractivity contribution in [3.8, 4) is 0 Å². The zero-order valence-corrected chi connectivity index (χ0v) is 7.62. The largest absolute Gasteiger partial charge is 0.716 e. The number of rotatable bonds is 2. The van der Waals surface area contributed by atoms with Gasteiger partial charge in [-0.05, 0) is 6.92 Å². The Morgan fingerprint density at radius 1 is 1.42 bits per heavy atom. The van der Waals surface area contributed by atoms with Gasteiger partial charge in [-0.15, -0.1) is 0 Å². The highest BCUT2D eigenvalue weighted by molar-refractivity contribution is 7.76. The third-order valence-electron chi connectivity index (χ3n) is 1.16. The maximum Gasteiger partial charge on any atom is 0.202 e. The Morgan fingerprint density at radius 2 is 2.08 bits per heavy atom. The van der Waals surface area contributed by atoms with Crippen molar-refractivity contribution in [3.05, 3.63) is 30.6 Å². The lowest BCUT2D eigenvalue weighted by Crippen LogP contribution is -2.28. The molecule has 0 saturated carbocycles. The van der Waals surface area contributed by atoms with Crippen LogP contribution in [0.1, 0.15) is 6.92 Å². The molecule has 0 aromatic carbocycles. The molecule has 0 aliphatic rings. The lowest BCUT2D eigenvalue weighted by atomic mass is 10.5. The van der Waals surface area contributed by atoms with E-state index < -0.39 is 0 Å². The molecule has 0 saturated heterocycles. The van der Waals surface area contributed by atoms with Gasteiger partial charge in [-0.2, -0.15) is 0 Å². The molecule has 4 heteroatoms. The molecule has 64 valence electrons. The lowest BCUT2D eigenvalue weighted by Gasteiger charge is -2.06. The minimum Gasteiger partial charge on any atom is -0.716 e. The number of hydrogen-bond acceptors (Lipinski definition) is 3. The van der Waals surface area contributed by atoms with Gasteiger partial charge in [-0.3, -0.25) is 0 Å². The third-order valence-corrected chi connectivity index (χ3v) is 1.36. The Bertz CT molecular complexity index is 261. The predicted octanol–water partition coefficient (Wildman–Crippen LogP) is 0.677. The summed E-state index contributed by atoms with van der Waals surface area (Å²) in [4.78, 5) is 0. The highest BCUT2D eigenvalue weighted by Gasteiger charge is 1.91. The van der Waals surface area contributed by atoms with E-state index in [0.29, 0.717) is 6.61 Å². The molecule has 0 aliphatic carbocycles. The molecule has 0 unspecified atom stereocenters. The van der Waals surface area contributed by atoms with Crippen LogP contribution in [0.4, 0.5) is 0 Å². The molecule has 0 aliphatic heterocycles. The summed E-state index contributed by atoms with van der Waals surface area (Å²) in [7, 11) is 0. The van der Waals surface area contributed by atoms with Crippen LogP contribution in [0.5, 0.6) is 0 Å². The van der Waals surface area contributed by atoms with Crippen LogP contribution in [0.25, 0.3) is 0 Å². The van der Waals surface area contributed by atoms with Crippen LogP contribution < -0.4 is 4.68 Å². The van der Waals surface area contributed by atoms with Gasteiger partial charge in [0.1, 0.15) is 5.23 Å². The second kappa shape index (κ2) is 4.66. The van der Waals surface area contributed by atoms with Gasteiger partial charge >= 0.3 is 0 Å². The molecule has 1 heterocycles. The fourth-order valence-corrected chi connectivity index (χ4v) is 0.915. The molecule has 0 spiro atoms. The van der Waals surface area contributed by atoms with E-state index in [-0.39, 0.29) is 5.23 Å². The standard InChI is InChI=1S/C8H10N2OS/c1-2-11-8(12)9-10-6-4-3-5-7-10/h3-7H,2H2,1H3. The Kier molecular flexibility index (Phi) is 3.47. The second-order valence-electron chi connectivity index (χ2n) is 2.05. The highest BCUT2D eigenvalue weighted by Crippen LogP contribution is 1.80. The van der Waals surface area contributed by atoms with Gasteiger partial charge in [-0.25, -0.2) is 0 Å². The molecule has 0 atom stereocenters. The van der Waals surface area contributed by atoms with Gasteiger partial charge in [-0.1, -0.05) is 10.7 Å². The SMILES string of the molecule is CCO/C([S-])=N/[n+]1ccccc1. The maximum atomic E-state index is 4.99. The van der Waals surface area contributed by atoms with Gasteiger partial charge in [0.2, 0.25) is 12.4 Å². The van der Waals surface area contributed by atoms with Crippen LogP contribution in [0.2, 0.25) is 0 Å². The van der Waals surface area contributed by atoms with Gasteiger partial charge in [0.15, 0.2) is 0 Å². The molecule has 12 heavy (non-hydrogen) atoms. The average molecular weight is 182 g/mol. The van der Waals surface area contributed by atoms with Crippen molar-refractivity contribution < 1.29 is 9.41 Å². The van der Waals surface area contributed by atoms with Crippen molar-refractivity contribution in [2.75, 3.05) is 6.61 Å². The predicted molar refractivity (Wildman–Crippen MR) is 48.5 cm³/mol. The number of hydrogen-bond donors (Lipinski definition) is 0. The van der Waals surface area contributed by atoms with Crippen LogP contribution in [-0.2, 0) is 17.4 Å². The highest BCUT2D eigenvalue weighted by atomic mass is 32.1. The van der Waals surface area contributed by atoms with Crippen molar-refractivity contribution in [2.24, 2.45) is 5.10 Å². The van der Waals surface area contributed by atoms with E-state index in [1.165, 1.54) is 0 Å². The fourth-order valence-electron chi connectivity index (χ4n) is 0.703. The number of ether oxygens (including phenoxy) is 1. The minimum atomic E-state index is 0.258. The van der Waals surface area contributed by atoms with Gasteiger partial charge in [0.25, 0.3) is 0 Å². The van der Waals surface area contributed by atoms with E-state index in [4.69, 9.17) is 17.4 Å². The van der Waals surface area contributed by atoms with Crippen LogP contribution in [0, 0.1) is 0 Å². The first kappa shape index (κ1) is 8.93.